The average molecular weight is 449 g/mol. The molecule has 0 fully saturated rings. The molecule has 0 heterocycles. The highest BCUT2D eigenvalue weighted by atomic mass is 32.2. The van der Waals surface area contributed by atoms with Crippen molar-refractivity contribution in [2.24, 2.45) is 0 Å². The van der Waals surface area contributed by atoms with Gasteiger partial charge in [0.1, 0.15) is 0 Å². The number of hydrogen-bond acceptors (Lipinski definition) is 6. The predicted octanol–water partition coefficient (Wildman–Crippen LogP) is 3.91. The van der Waals surface area contributed by atoms with Crippen LogP contribution in [0.1, 0.15) is 27.8 Å². The molecule has 164 valence electrons. The third-order valence-electron chi connectivity index (χ3n) is 4.51. The summed E-state index contributed by atoms with van der Waals surface area (Å²) in [4.78, 5) is 0.160. The Labute approximate surface area is 189 Å². The lowest BCUT2D eigenvalue weighted by Gasteiger charge is -2.06. The van der Waals surface area contributed by atoms with E-state index in [-0.39, 0.29) is 18.1 Å². The number of hydrogen-bond donors (Lipinski definition) is 1. The van der Waals surface area contributed by atoms with E-state index in [4.69, 9.17) is 19.8 Å². The first kappa shape index (κ1) is 24.8. The zero-order valence-electron chi connectivity index (χ0n) is 17.7. The third-order valence-corrected chi connectivity index (χ3v) is 5.83. The van der Waals surface area contributed by atoms with E-state index in [1.54, 1.807) is 48.5 Å². The molecule has 6 nitrogen and oxygen atoms in total. The van der Waals surface area contributed by atoms with E-state index in [0.29, 0.717) is 24.0 Å². The summed E-state index contributed by atoms with van der Waals surface area (Å²) in [6.45, 7) is 2.12. The van der Waals surface area contributed by atoms with Gasteiger partial charge in [-0.3, -0.25) is 4.18 Å². The van der Waals surface area contributed by atoms with Crippen molar-refractivity contribution in [3.63, 3.8) is 0 Å². The minimum Gasteiger partial charge on any atom is -0.396 e. The van der Waals surface area contributed by atoms with Crippen LogP contribution in [-0.4, -0.2) is 26.7 Å². The second-order valence-electron chi connectivity index (χ2n) is 6.93. The Bertz CT molecular complexity index is 1170. The van der Waals surface area contributed by atoms with Crippen LogP contribution in [0.25, 0.3) is 0 Å². The van der Waals surface area contributed by atoms with Crippen molar-refractivity contribution in [1.29, 1.82) is 10.5 Å². The summed E-state index contributed by atoms with van der Waals surface area (Å²) in [5.74, 6) is 0. The number of rotatable bonds is 7. The fourth-order valence-corrected chi connectivity index (χ4v) is 3.57. The lowest BCUT2D eigenvalue weighted by Crippen LogP contribution is -2.09. The van der Waals surface area contributed by atoms with Crippen molar-refractivity contribution >= 4 is 10.1 Å². The summed E-state index contributed by atoms with van der Waals surface area (Å²) in [5.41, 5.74) is 4.21. The van der Waals surface area contributed by atoms with E-state index >= 15 is 0 Å². The quantitative estimate of drug-likeness (QED) is 0.549. The zero-order chi connectivity index (χ0) is 23.4. The van der Waals surface area contributed by atoms with Gasteiger partial charge in [0.25, 0.3) is 10.1 Å². The number of aryl methyl sites for hydroxylation is 1. The van der Waals surface area contributed by atoms with Crippen LogP contribution in [0.4, 0.5) is 0 Å². The Morgan fingerprint density at radius 2 is 1.25 bits per heavy atom. The molecule has 0 aromatic heterocycles. The molecule has 0 bridgehead atoms. The van der Waals surface area contributed by atoms with Crippen molar-refractivity contribution in [3.05, 3.63) is 101 Å². The zero-order valence-corrected chi connectivity index (χ0v) is 18.5. The van der Waals surface area contributed by atoms with Crippen LogP contribution in [0, 0.1) is 29.6 Å². The van der Waals surface area contributed by atoms with E-state index in [9.17, 15) is 8.42 Å². The number of nitriles is 2. The van der Waals surface area contributed by atoms with E-state index < -0.39 is 10.1 Å². The first-order valence-corrected chi connectivity index (χ1v) is 11.3. The highest BCUT2D eigenvalue weighted by molar-refractivity contribution is 7.86. The second kappa shape index (κ2) is 12.4. The van der Waals surface area contributed by atoms with Gasteiger partial charge < -0.3 is 5.11 Å². The maximum absolute atomic E-state index is 12.0. The topological polar surface area (TPSA) is 111 Å². The molecule has 3 rings (SSSR count). The summed E-state index contributed by atoms with van der Waals surface area (Å²) in [5, 5.41) is 25.7. The molecule has 0 saturated carbocycles. The van der Waals surface area contributed by atoms with Crippen molar-refractivity contribution in [2.75, 3.05) is 13.2 Å². The molecular formula is C25H24N2O4S. The maximum atomic E-state index is 12.0. The van der Waals surface area contributed by atoms with Gasteiger partial charge in [-0.1, -0.05) is 42.0 Å². The van der Waals surface area contributed by atoms with Gasteiger partial charge in [0.05, 0.1) is 34.8 Å². The maximum Gasteiger partial charge on any atom is 0.296 e. The molecule has 0 aliphatic heterocycles. The molecule has 0 amide bonds. The number of benzene rings is 3. The van der Waals surface area contributed by atoms with Crippen molar-refractivity contribution < 1.29 is 17.7 Å². The number of nitrogens with zero attached hydrogens (tertiary/aromatic N) is 2. The summed E-state index contributed by atoms with van der Waals surface area (Å²) in [7, 11) is -3.71. The molecule has 7 heteroatoms. The van der Waals surface area contributed by atoms with E-state index in [0.717, 1.165) is 16.7 Å². The van der Waals surface area contributed by atoms with E-state index in [1.165, 1.54) is 12.1 Å². The van der Waals surface area contributed by atoms with E-state index in [2.05, 4.69) is 0 Å². The number of aliphatic hydroxyl groups is 1. The van der Waals surface area contributed by atoms with Crippen LogP contribution in [-0.2, 0) is 27.1 Å². The molecule has 0 unspecified atom stereocenters. The smallest absolute Gasteiger partial charge is 0.296 e. The van der Waals surface area contributed by atoms with Gasteiger partial charge in [0.15, 0.2) is 0 Å². The van der Waals surface area contributed by atoms with Crippen molar-refractivity contribution in [3.8, 4) is 12.1 Å². The molecule has 32 heavy (non-hydrogen) atoms. The first-order valence-electron chi connectivity index (χ1n) is 9.93. The van der Waals surface area contributed by atoms with Gasteiger partial charge in [-0.2, -0.15) is 18.9 Å². The Hall–Kier alpha value is -3.49. The highest BCUT2D eigenvalue weighted by Gasteiger charge is 2.14. The van der Waals surface area contributed by atoms with Gasteiger partial charge in [-0.05, 0) is 67.3 Å². The standard InChI is InChI=1S/C16H15NO3S.C9H9NO/c1-13-2-8-16(9-3-13)21(18,19)20-11-10-14-4-6-15(12-17)7-5-14;10-7-9-3-1-8(2-4-9)5-6-11/h2-9H,10-11H2,1H3;1-4,11H,5-6H2. The van der Waals surface area contributed by atoms with Crippen LogP contribution in [0.2, 0.25) is 0 Å². The van der Waals surface area contributed by atoms with Gasteiger partial charge in [0, 0.05) is 6.61 Å². The molecule has 0 aliphatic carbocycles. The number of aliphatic hydroxyl groups excluding tert-OH is 1. The summed E-state index contributed by atoms with van der Waals surface area (Å²) >= 11 is 0. The molecular weight excluding hydrogens is 424 g/mol. The minimum atomic E-state index is -3.71. The minimum absolute atomic E-state index is 0.0715. The van der Waals surface area contributed by atoms with Crippen LogP contribution < -0.4 is 0 Å². The van der Waals surface area contributed by atoms with Crippen molar-refractivity contribution in [1.82, 2.24) is 0 Å². The second-order valence-corrected chi connectivity index (χ2v) is 8.55. The molecule has 0 atom stereocenters. The SMILES string of the molecule is Cc1ccc(S(=O)(=O)OCCc2ccc(C#N)cc2)cc1.N#Cc1ccc(CCO)cc1. The molecule has 3 aromatic carbocycles. The van der Waals surface area contributed by atoms with Gasteiger partial charge in [-0.25, -0.2) is 0 Å². The Morgan fingerprint density at radius 3 is 1.69 bits per heavy atom. The van der Waals surface area contributed by atoms with Gasteiger partial charge in [-0.15, -0.1) is 0 Å². The van der Waals surface area contributed by atoms with Crippen LogP contribution in [0.5, 0.6) is 0 Å². The Morgan fingerprint density at radius 1 is 0.781 bits per heavy atom. The van der Waals surface area contributed by atoms with Crippen LogP contribution in [0.15, 0.2) is 77.7 Å². The van der Waals surface area contributed by atoms with Crippen molar-refractivity contribution in [2.45, 2.75) is 24.7 Å². The molecule has 0 saturated heterocycles. The Balaban J connectivity index is 0.000000278. The summed E-state index contributed by atoms with van der Waals surface area (Å²) < 4.78 is 29.0. The molecule has 0 radical (unpaired) electrons. The normalized spacial score (nSPS) is 10.4. The largest absolute Gasteiger partial charge is 0.396 e. The third kappa shape index (κ3) is 7.98. The van der Waals surface area contributed by atoms with Crippen LogP contribution >= 0.6 is 0 Å². The molecule has 0 spiro atoms. The lowest BCUT2D eigenvalue weighted by atomic mass is 10.1. The molecule has 0 aliphatic rings. The fourth-order valence-electron chi connectivity index (χ4n) is 2.66. The average Bonchev–Trinajstić information content (AvgIpc) is 2.81. The predicted molar refractivity (Wildman–Crippen MR) is 121 cm³/mol. The fraction of sp³-hybridized carbons (Fsp3) is 0.200. The first-order chi connectivity index (χ1) is 15.4. The molecule has 1 N–H and O–H groups in total. The molecule has 3 aromatic rings. The summed E-state index contributed by atoms with van der Waals surface area (Å²) in [6.07, 6.45) is 1.13. The highest BCUT2D eigenvalue weighted by Crippen LogP contribution is 2.14. The summed E-state index contributed by atoms with van der Waals surface area (Å²) in [6, 6.07) is 24.8. The van der Waals surface area contributed by atoms with Gasteiger partial charge in [0.2, 0.25) is 0 Å². The van der Waals surface area contributed by atoms with Gasteiger partial charge >= 0.3 is 0 Å². The monoisotopic (exact) mass is 448 g/mol. The lowest BCUT2D eigenvalue weighted by molar-refractivity contribution is 0.299. The Kier molecular flexibility index (Phi) is 9.59. The van der Waals surface area contributed by atoms with Crippen LogP contribution in [0.3, 0.4) is 0 Å². The van der Waals surface area contributed by atoms with E-state index in [1.807, 2.05) is 31.2 Å².